The Labute approximate surface area is 264 Å². The summed E-state index contributed by atoms with van der Waals surface area (Å²) in [5, 5.41) is 8.03. The second-order valence-electron chi connectivity index (χ2n) is 10.3. The summed E-state index contributed by atoms with van der Waals surface area (Å²) in [4.78, 5) is 27.7. The van der Waals surface area contributed by atoms with Crippen molar-refractivity contribution >= 4 is 32.3 Å². The Kier molecular flexibility index (Phi) is 13.0. The van der Waals surface area contributed by atoms with Gasteiger partial charge in [0.2, 0.25) is 0 Å². The van der Waals surface area contributed by atoms with Gasteiger partial charge in [-0.25, -0.2) is 14.6 Å². The third-order valence-electron chi connectivity index (χ3n) is 6.76. The Morgan fingerprint density at radius 1 is 0.822 bits per heavy atom. The lowest BCUT2D eigenvalue weighted by molar-refractivity contribution is 0.191. The molecule has 2 aliphatic heterocycles. The summed E-state index contributed by atoms with van der Waals surface area (Å²) in [6.45, 7) is 5.99. The van der Waals surface area contributed by atoms with Crippen molar-refractivity contribution in [2.75, 3.05) is 40.3 Å². The van der Waals surface area contributed by atoms with E-state index in [9.17, 15) is 26.4 Å². The molecule has 3 N–H and O–H groups in total. The second-order valence-corrected chi connectivity index (χ2v) is 13.4. The molecule has 0 saturated carbocycles. The van der Waals surface area contributed by atoms with Gasteiger partial charge in [0.15, 0.2) is 0 Å². The summed E-state index contributed by atoms with van der Waals surface area (Å²) in [7, 11) is -4.26. The number of imidazole rings is 1. The number of aryl methyl sites for hydroxylation is 2. The molecule has 0 bridgehead atoms. The summed E-state index contributed by atoms with van der Waals surface area (Å²) < 4.78 is 59.6. The number of benzene rings is 2. The van der Waals surface area contributed by atoms with Gasteiger partial charge < -0.3 is 20.9 Å². The van der Waals surface area contributed by atoms with E-state index in [0.717, 1.165) is 24.1 Å². The van der Waals surface area contributed by atoms with Crippen molar-refractivity contribution in [2.45, 2.75) is 48.7 Å². The van der Waals surface area contributed by atoms with E-state index in [4.69, 9.17) is 8.37 Å². The molecule has 5 rings (SSSR count). The fourth-order valence-electron chi connectivity index (χ4n) is 4.25. The topological polar surface area (TPSA) is 178 Å². The summed E-state index contributed by atoms with van der Waals surface area (Å²) >= 11 is 0. The zero-order chi connectivity index (χ0) is 33.0. The van der Waals surface area contributed by atoms with Crippen LogP contribution in [0.3, 0.4) is 0 Å². The highest BCUT2D eigenvalue weighted by atomic mass is 32.2. The first-order chi connectivity index (χ1) is 21.3. The monoisotopic (exact) mass is 664 g/mol. The minimum Gasteiger partial charge on any atom is -0.341 e. The van der Waals surface area contributed by atoms with Crippen LogP contribution in [0.4, 0.5) is 9.59 Å². The molecule has 0 radical (unpaired) electrons. The van der Waals surface area contributed by atoms with E-state index in [1.165, 1.54) is 27.9 Å². The predicted molar refractivity (Wildman–Crippen MR) is 167 cm³/mol. The van der Waals surface area contributed by atoms with E-state index in [1.807, 2.05) is 13.8 Å². The van der Waals surface area contributed by atoms with Crippen LogP contribution in [0.25, 0.3) is 0 Å². The number of carbonyl (C=O) groups excluding carboxylic acids is 2. The lowest BCUT2D eigenvalue weighted by Crippen LogP contribution is -2.37. The highest BCUT2D eigenvalue weighted by Crippen LogP contribution is 2.20. The number of nitrogens with zero attached hydrogens (tertiary/aromatic N) is 3. The standard InChI is InChI=1S/C13H18N2O4S.C11H15NO3S.C5H7N3O/c1-10-3-5-12(6-4-10)20(17,18)19-11-7-8-15(9-11)13(16)14-2;1-9-2-4-11(5-3-9)16(13,14)15-10-6-7-12-8-10;1-6-5(9)8-3-2-7-4-8/h3-6,11H,7-9H2,1-2H3,(H,14,16);2-5,10,12H,6-8H2,1H3;2-4H,1H3,(H,6,9). The lowest BCUT2D eigenvalue weighted by atomic mass is 10.2. The van der Waals surface area contributed by atoms with Crippen LogP contribution < -0.4 is 16.0 Å². The fourth-order valence-corrected chi connectivity index (χ4v) is 6.45. The molecule has 2 saturated heterocycles. The van der Waals surface area contributed by atoms with Crippen LogP contribution in [0.1, 0.15) is 24.0 Å². The van der Waals surface area contributed by atoms with Crippen molar-refractivity contribution in [3.63, 3.8) is 0 Å². The summed E-state index contributed by atoms with van der Waals surface area (Å²) in [5.74, 6) is 0. The molecule has 45 heavy (non-hydrogen) atoms. The number of hydrogen-bond acceptors (Lipinski definition) is 10. The first kappa shape index (κ1) is 35.6. The number of carbonyl (C=O) groups is 2. The maximum Gasteiger partial charge on any atom is 0.326 e. The average molecular weight is 665 g/mol. The molecule has 3 amide bonds. The van der Waals surface area contributed by atoms with Crippen LogP contribution in [-0.2, 0) is 28.6 Å². The van der Waals surface area contributed by atoms with Crippen LogP contribution in [0.2, 0.25) is 0 Å². The Morgan fingerprint density at radius 3 is 1.80 bits per heavy atom. The van der Waals surface area contributed by atoms with E-state index >= 15 is 0 Å². The zero-order valence-electron chi connectivity index (χ0n) is 25.7. The molecule has 14 nitrogen and oxygen atoms in total. The van der Waals surface area contributed by atoms with Crippen molar-refractivity contribution in [3.8, 4) is 0 Å². The molecule has 2 aromatic carbocycles. The average Bonchev–Trinajstić information content (AvgIpc) is 3.81. The smallest absolute Gasteiger partial charge is 0.326 e. The molecule has 0 aliphatic carbocycles. The third kappa shape index (κ3) is 10.9. The maximum atomic E-state index is 12.1. The SMILES string of the molecule is CNC(=O)N1CCC(OS(=O)(=O)c2ccc(C)cc2)C1.CNC(=O)n1ccnc1.Cc1ccc(S(=O)(=O)OC2CCNC2)cc1. The number of likely N-dealkylation sites (tertiary alicyclic amines) is 1. The molecule has 2 fully saturated rings. The van der Waals surface area contributed by atoms with Crippen molar-refractivity contribution in [1.29, 1.82) is 0 Å². The number of aromatic nitrogens is 2. The molecule has 0 spiro atoms. The van der Waals surface area contributed by atoms with Gasteiger partial charge in [-0.1, -0.05) is 35.4 Å². The van der Waals surface area contributed by atoms with Crippen LogP contribution in [0.15, 0.2) is 77.0 Å². The Balaban J connectivity index is 0.000000197. The van der Waals surface area contributed by atoms with Crippen molar-refractivity contribution in [3.05, 3.63) is 78.4 Å². The number of nitrogens with one attached hydrogen (secondary N) is 3. The Hall–Kier alpha value is -3.83. The molecule has 3 aromatic rings. The molecule has 2 unspecified atom stereocenters. The van der Waals surface area contributed by atoms with Crippen molar-refractivity contribution in [2.24, 2.45) is 0 Å². The summed E-state index contributed by atoms with van der Waals surface area (Å²) in [5.41, 5.74) is 2.01. The number of urea groups is 1. The van der Waals surface area contributed by atoms with E-state index in [1.54, 1.807) is 62.9 Å². The van der Waals surface area contributed by atoms with Gasteiger partial charge in [0.1, 0.15) is 6.33 Å². The van der Waals surface area contributed by atoms with Crippen LogP contribution in [0, 0.1) is 13.8 Å². The minimum absolute atomic E-state index is 0.140. The summed E-state index contributed by atoms with van der Waals surface area (Å²) in [6.07, 6.45) is 5.11. The van der Waals surface area contributed by atoms with Crippen molar-refractivity contribution in [1.82, 2.24) is 30.4 Å². The van der Waals surface area contributed by atoms with E-state index in [2.05, 4.69) is 20.9 Å². The Morgan fingerprint density at radius 2 is 1.36 bits per heavy atom. The van der Waals surface area contributed by atoms with Crippen LogP contribution >= 0.6 is 0 Å². The van der Waals surface area contributed by atoms with E-state index in [0.29, 0.717) is 19.5 Å². The summed E-state index contributed by atoms with van der Waals surface area (Å²) in [6, 6.07) is 12.8. The largest absolute Gasteiger partial charge is 0.341 e. The first-order valence-electron chi connectivity index (χ1n) is 14.2. The number of amides is 3. The second kappa shape index (κ2) is 16.5. The molecular formula is C29H40N6O8S2. The highest BCUT2D eigenvalue weighted by molar-refractivity contribution is 7.87. The minimum atomic E-state index is -3.77. The van der Waals surface area contributed by atoms with Gasteiger partial charge in [-0.2, -0.15) is 16.8 Å². The van der Waals surface area contributed by atoms with Gasteiger partial charge in [0.05, 0.1) is 28.5 Å². The molecule has 3 heterocycles. The zero-order valence-corrected chi connectivity index (χ0v) is 27.3. The van der Waals surface area contributed by atoms with Gasteiger partial charge in [-0.05, 0) is 57.5 Å². The Bertz CT molecular complexity index is 1590. The van der Waals surface area contributed by atoms with Gasteiger partial charge >= 0.3 is 12.1 Å². The third-order valence-corrected chi connectivity index (χ3v) is 9.51. The molecule has 2 aliphatic rings. The van der Waals surface area contributed by atoms with E-state index in [-0.39, 0.29) is 34.5 Å². The lowest BCUT2D eigenvalue weighted by Gasteiger charge is -2.15. The first-order valence-corrected chi connectivity index (χ1v) is 17.0. The highest BCUT2D eigenvalue weighted by Gasteiger charge is 2.31. The number of rotatable bonds is 6. The quantitative estimate of drug-likeness (QED) is 0.331. The molecule has 2 atom stereocenters. The predicted octanol–water partition coefficient (Wildman–Crippen LogP) is 2.25. The van der Waals surface area contributed by atoms with Crippen LogP contribution in [-0.4, -0.2) is 95.8 Å². The fraction of sp³-hybridized carbons (Fsp3) is 0.414. The normalized spacial score (nSPS) is 17.8. The van der Waals surface area contributed by atoms with Gasteiger partial charge in [0, 0.05) is 39.6 Å². The van der Waals surface area contributed by atoms with E-state index < -0.39 is 26.3 Å². The molecular weight excluding hydrogens is 624 g/mol. The number of hydrogen-bond donors (Lipinski definition) is 3. The van der Waals surface area contributed by atoms with Crippen LogP contribution in [0.5, 0.6) is 0 Å². The van der Waals surface area contributed by atoms with Gasteiger partial charge in [-0.15, -0.1) is 0 Å². The van der Waals surface area contributed by atoms with Gasteiger partial charge in [-0.3, -0.25) is 12.9 Å². The van der Waals surface area contributed by atoms with Crippen molar-refractivity contribution < 1.29 is 34.8 Å². The van der Waals surface area contributed by atoms with Gasteiger partial charge in [0.25, 0.3) is 20.2 Å². The molecule has 1 aromatic heterocycles. The maximum absolute atomic E-state index is 12.1. The molecule has 16 heteroatoms. The molecule has 246 valence electrons.